The van der Waals surface area contributed by atoms with E-state index < -0.39 is 0 Å². The number of aromatic nitrogens is 2. The molecule has 0 atom stereocenters. The van der Waals surface area contributed by atoms with Crippen LogP contribution < -0.4 is 16.2 Å². The number of amides is 1. The number of nitrogens with two attached hydrogens (primary N) is 1. The summed E-state index contributed by atoms with van der Waals surface area (Å²) in [7, 11) is 1.79. The Morgan fingerprint density at radius 2 is 1.79 bits per heavy atom. The van der Waals surface area contributed by atoms with Gasteiger partial charge in [-0.3, -0.25) is 9.59 Å². The molecule has 2 N–H and O–H groups in total. The quantitative estimate of drug-likeness (QED) is 0.763. The third-order valence-corrected chi connectivity index (χ3v) is 5.21. The lowest BCUT2D eigenvalue weighted by atomic mass is 9.99. The van der Waals surface area contributed by atoms with Crippen molar-refractivity contribution < 1.29 is 4.79 Å². The molecule has 0 aliphatic carbocycles. The molecule has 3 aromatic rings. The van der Waals surface area contributed by atoms with Crippen LogP contribution in [0.25, 0.3) is 22.3 Å². The minimum absolute atomic E-state index is 0.0474. The summed E-state index contributed by atoms with van der Waals surface area (Å²) in [6.45, 7) is 3.93. The molecule has 0 fully saturated rings. The van der Waals surface area contributed by atoms with Crippen LogP contribution in [0.1, 0.15) is 25.5 Å². The Morgan fingerprint density at radius 3 is 2.54 bits per heavy atom. The SMILES string of the molecule is CC(C)n1cc(-c2cc(-c3ccc4c(c3)CC(=O)N4C)cnc2N)ccc1=O. The van der Waals surface area contributed by atoms with Crippen LogP contribution in [0.3, 0.4) is 0 Å². The monoisotopic (exact) mass is 374 g/mol. The van der Waals surface area contributed by atoms with Crippen LogP contribution in [0.4, 0.5) is 11.5 Å². The van der Waals surface area contributed by atoms with Gasteiger partial charge in [-0.25, -0.2) is 4.98 Å². The van der Waals surface area contributed by atoms with Gasteiger partial charge in [-0.15, -0.1) is 0 Å². The van der Waals surface area contributed by atoms with Crippen molar-refractivity contribution in [3.8, 4) is 22.3 Å². The van der Waals surface area contributed by atoms with Gasteiger partial charge in [0.1, 0.15) is 5.82 Å². The normalized spacial score (nSPS) is 13.3. The summed E-state index contributed by atoms with van der Waals surface area (Å²) in [6, 6.07) is 11.3. The van der Waals surface area contributed by atoms with Crippen LogP contribution in [0.5, 0.6) is 0 Å². The standard InChI is InChI=1S/C22H22N4O2/c1-13(2)26-12-15(5-7-20(26)27)18-9-17(11-24-22(18)23)14-4-6-19-16(8-14)10-21(28)25(19)3/h4-9,11-13H,10H2,1-3H3,(H2,23,24). The average molecular weight is 374 g/mol. The fourth-order valence-corrected chi connectivity index (χ4v) is 3.58. The summed E-state index contributed by atoms with van der Waals surface area (Å²) in [4.78, 5) is 30.1. The van der Waals surface area contributed by atoms with Crippen molar-refractivity contribution in [2.45, 2.75) is 26.3 Å². The zero-order valence-electron chi connectivity index (χ0n) is 16.1. The molecule has 0 saturated carbocycles. The van der Waals surface area contributed by atoms with Gasteiger partial charge in [0.25, 0.3) is 5.56 Å². The molecule has 3 heterocycles. The van der Waals surface area contributed by atoms with Crippen LogP contribution in [0, 0.1) is 0 Å². The van der Waals surface area contributed by atoms with Gasteiger partial charge in [0.2, 0.25) is 5.91 Å². The average Bonchev–Trinajstić information content (AvgIpc) is 2.96. The predicted molar refractivity (Wildman–Crippen MR) is 111 cm³/mol. The number of benzene rings is 1. The van der Waals surface area contributed by atoms with Crippen LogP contribution >= 0.6 is 0 Å². The fourth-order valence-electron chi connectivity index (χ4n) is 3.58. The Balaban J connectivity index is 1.79. The lowest BCUT2D eigenvalue weighted by molar-refractivity contribution is -0.117. The Morgan fingerprint density at radius 1 is 1.04 bits per heavy atom. The number of pyridine rings is 2. The first-order valence-electron chi connectivity index (χ1n) is 9.23. The molecule has 0 radical (unpaired) electrons. The molecule has 1 aliphatic heterocycles. The van der Waals surface area contributed by atoms with E-state index in [9.17, 15) is 9.59 Å². The van der Waals surface area contributed by atoms with E-state index in [-0.39, 0.29) is 17.5 Å². The van der Waals surface area contributed by atoms with Crippen LogP contribution in [0.15, 0.2) is 53.6 Å². The third-order valence-electron chi connectivity index (χ3n) is 5.21. The van der Waals surface area contributed by atoms with Crippen molar-refractivity contribution in [1.82, 2.24) is 9.55 Å². The minimum atomic E-state index is -0.0474. The maximum atomic E-state index is 12.1. The van der Waals surface area contributed by atoms with E-state index in [1.54, 1.807) is 34.8 Å². The smallest absolute Gasteiger partial charge is 0.250 e. The lowest BCUT2D eigenvalue weighted by Gasteiger charge is -2.14. The minimum Gasteiger partial charge on any atom is -0.383 e. The van der Waals surface area contributed by atoms with Gasteiger partial charge >= 0.3 is 0 Å². The predicted octanol–water partition coefficient (Wildman–Crippen LogP) is 3.26. The van der Waals surface area contributed by atoms with Gasteiger partial charge in [-0.05, 0) is 49.2 Å². The molecular formula is C22H22N4O2. The third kappa shape index (κ3) is 2.97. The van der Waals surface area contributed by atoms with Crippen molar-refractivity contribution in [2.24, 2.45) is 0 Å². The van der Waals surface area contributed by atoms with Crippen molar-refractivity contribution in [3.63, 3.8) is 0 Å². The largest absolute Gasteiger partial charge is 0.383 e. The van der Waals surface area contributed by atoms with E-state index in [2.05, 4.69) is 4.98 Å². The zero-order chi connectivity index (χ0) is 20.0. The summed E-state index contributed by atoms with van der Waals surface area (Å²) in [6.07, 6.45) is 3.97. The Labute approximate surface area is 163 Å². The number of carbonyl (C=O) groups is 1. The number of hydrogen-bond donors (Lipinski definition) is 1. The maximum Gasteiger partial charge on any atom is 0.250 e. The fraction of sp³-hybridized carbons (Fsp3) is 0.227. The van der Waals surface area contributed by atoms with Gasteiger partial charge in [0.15, 0.2) is 0 Å². The second kappa shape index (κ2) is 6.64. The number of fused-ring (bicyclic) bond motifs is 1. The van der Waals surface area contributed by atoms with E-state index in [0.29, 0.717) is 12.2 Å². The second-order valence-corrected chi connectivity index (χ2v) is 7.39. The van der Waals surface area contributed by atoms with Gasteiger partial charge in [0.05, 0.1) is 6.42 Å². The molecule has 2 aromatic heterocycles. The summed E-state index contributed by atoms with van der Waals surface area (Å²) >= 11 is 0. The topological polar surface area (TPSA) is 81.2 Å². The van der Waals surface area contributed by atoms with Crippen molar-refractivity contribution in [2.75, 3.05) is 17.7 Å². The molecule has 0 saturated heterocycles. The number of likely N-dealkylation sites (N-methyl/N-ethyl adjacent to an activating group) is 1. The summed E-state index contributed by atoms with van der Waals surface area (Å²) < 4.78 is 1.68. The van der Waals surface area contributed by atoms with Crippen LogP contribution in [-0.4, -0.2) is 22.5 Å². The molecule has 28 heavy (non-hydrogen) atoms. The summed E-state index contributed by atoms with van der Waals surface area (Å²) in [5.41, 5.74) is 11.6. The van der Waals surface area contributed by atoms with E-state index in [4.69, 9.17) is 5.73 Å². The Hall–Kier alpha value is -3.41. The highest BCUT2D eigenvalue weighted by Gasteiger charge is 2.24. The van der Waals surface area contributed by atoms with E-state index in [1.165, 1.54) is 0 Å². The number of anilines is 2. The lowest BCUT2D eigenvalue weighted by Crippen LogP contribution is -2.20. The van der Waals surface area contributed by atoms with Gasteiger partial charge < -0.3 is 15.2 Å². The molecule has 1 amide bonds. The first-order chi connectivity index (χ1) is 13.3. The molecule has 1 aliphatic rings. The van der Waals surface area contributed by atoms with Crippen molar-refractivity contribution in [1.29, 1.82) is 0 Å². The molecular weight excluding hydrogens is 352 g/mol. The van der Waals surface area contributed by atoms with Crippen LogP contribution in [0.2, 0.25) is 0 Å². The molecule has 0 bridgehead atoms. The maximum absolute atomic E-state index is 12.1. The number of nitrogen functional groups attached to an aromatic ring is 1. The van der Waals surface area contributed by atoms with Gasteiger partial charge in [-0.2, -0.15) is 0 Å². The molecule has 1 aromatic carbocycles. The highest BCUT2D eigenvalue weighted by Crippen LogP contribution is 2.34. The van der Waals surface area contributed by atoms with E-state index in [1.807, 2.05) is 44.3 Å². The van der Waals surface area contributed by atoms with Crippen molar-refractivity contribution in [3.05, 3.63) is 64.7 Å². The number of nitrogens with zero attached hydrogens (tertiary/aromatic N) is 3. The molecule has 0 spiro atoms. The summed E-state index contributed by atoms with van der Waals surface area (Å²) in [5, 5.41) is 0. The first kappa shape index (κ1) is 18.0. The molecule has 142 valence electrons. The van der Waals surface area contributed by atoms with E-state index >= 15 is 0 Å². The molecule has 6 nitrogen and oxygen atoms in total. The number of carbonyl (C=O) groups excluding carboxylic acids is 1. The summed E-state index contributed by atoms with van der Waals surface area (Å²) in [5.74, 6) is 0.507. The number of rotatable bonds is 3. The molecule has 6 heteroatoms. The Bertz CT molecular complexity index is 1150. The highest BCUT2D eigenvalue weighted by molar-refractivity contribution is 6.01. The van der Waals surface area contributed by atoms with Gasteiger partial charge in [-0.1, -0.05) is 6.07 Å². The molecule has 4 rings (SSSR count). The van der Waals surface area contributed by atoms with Crippen molar-refractivity contribution >= 4 is 17.4 Å². The second-order valence-electron chi connectivity index (χ2n) is 7.39. The number of hydrogen-bond acceptors (Lipinski definition) is 4. The van der Waals surface area contributed by atoms with E-state index in [0.717, 1.165) is 33.5 Å². The highest BCUT2D eigenvalue weighted by atomic mass is 16.2. The Kier molecular flexibility index (Phi) is 4.26. The van der Waals surface area contributed by atoms with Crippen LogP contribution in [-0.2, 0) is 11.2 Å². The molecule has 0 unspecified atom stereocenters. The zero-order valence-corrected chi connectivity index (χ0v) is 16.1. The first-order valence-corrected chi connectivity index (χ1v) is 9.23. The van der Waals surface area contributed by atoms with Gasteiger partial charge in [0, 0.05) is 53.9 Å².